The fraction of sp³-hybridized carbons (Fsp3) is 0.400. The minimum atomic E-state index is -1.40. The second kappa shape index (κ2) is 7.18. The molecule has 7 nitrogen and oxygen atoms in total. The van der Waals surface area contributed by atoms with Gasteiger partial charge in [0.05, 0.1) is 16.6 Å². The van der Waals surface area contributed by atoms with Crippen molar-refractivity contribution in [2.24, 2.45) is 18.5 Å². The number of aryl methyl sites for hydroxylation is 2. The molecule has 3 aromatic rings. The molecule has 0 aliphatic rings. The van der Waals surface area contributed by atoms with Crippen LogP contribution in [0, 0.1) is 6.92 Å². The second-order valence-electron chi connectivity index (χ2n) is 7.89. The third-order valence-corrected chi connectivity index (χ3v) is 6.00. The number of benzene rings is 1. The van der Waals surface area contributed by atoms with E-state index in [4.69, 9.17) is 4.98 Å². The Hall–Kier alpha value is -2.45. The monoisotopic (exact) mass is 399 g/mol. The van der Waals surface area contributed by atoms with Crippen molar-refractivity contribution in [3.05, 3.63) is 45.9 Å². The van der Waals surface area contributed by atoms with Crippen molar-refractivity contribution in [1.82, 2.24) is 19.3 Å². The number of rotatable bonds is 3. The number of aromatic nitrogens is 4. The Bertz CT molecular complexity index is 1140. The number of hydrogen-bond donors (Lipinski definition) is 0. The summed E-state index contributed by atoms with van der Waals surface area (Å²) in [7, 11) is 3.51. The smallest absolute Gasteiger partial charge is 0.261 e. The van der Waals surface area contributed by atoms with Crippen molar-refractivity contribution in [2.75, 3.05) is 0 Å². The van der Waals surface area contributed by atoms with Crippen LogP contribution in [0.4, 0.5) is 0 Å². The number of hydrogen-bond acceptors (Lipinski definition) is 5. The summed E-state index contributed by atoms with van der Waals surface area (Å²) < 4.78 is 19.6. The molecule has 0 amide bonds. The molecule has 0 fully saturated rings. The van der Waals surface area contributed by atoms with Crippen LogP contribution in [0.25, 0.3) is 22.4 Å². The molecule has 148 valence electrons. The van der Waals surface area contributed by atoms with Crippen molar-refractivity contribution in [1.29, 1.82) is 0 Å². The first-order valence-corrected chi connectivity index (χ1v) is 10.1. The average Bonchev–Trinajstić information content (AvgIpc) is 3.02. The Morgan fingerprint density at radius 1 is 1.25 bits per heavy atom. The molecule has 0 saturated heterocycles. The molecule has 8 heteroatoms. The summed E-state index contributed by atoms with van der Waals surface area (Å²) in [5, 5.41) is 4.69. The summed E-state index contributed by atoms with van der Waals surface area (Å²) in [5.41, 5.74) is 3.38. The van der Waals surface area contributed by atoms with Gasteiger partial charge in [0.15, 0.2) is 5.82 Å². The number of fused-ring (bicyclic) bond motifs is 1. The minimum absolute atomic E-state index is 0.143. The molecule has 1 atom stereocenters. The molecule has 0 unspecified atom stereocenters. The maximum atomic E-state index is 13.1. The molecule has 0 aliphatic carbocycles. The summed E-state index contributed by atoms with van der Waals surface area (Å²) in [6, 6.07) is 5.58. The SMILES string of the molecule is CC(=N[S@+]([O-])C(C)(C)C)c1cc(C)cc2c(=O)n(C)c(-c3ccnn3C)nc12. The van der Waals surface area contributed by atoms with Gasteiger partial charge in [-0.2, -0.15) is 5.10 Å². The highest BCUT2D eigenvalue weighted by Crippen LogP contribution is 2.24. The topological polar surface area (TPSA) is 88.1 Å². The van der Waals surface area contributed by atoms with Crippen LogP contribution in [0.5, 0.6) is 0 Å². The fourth-order valence-electron chi connectivity index (χ4n) is 2.93. The van der Waals surface area contributed by atoms with E-state index in [-0.39, 0.29) is 5.56 Å². The van der Waals surface area contributed by atoms with E-state index in [2.05, 4.69) is 9.50 Å². The second-order valence-corrected chi connectivity index (χ2v) is 9.79. The quantitative estimate of drug-likeness (QED) is 0.500. The molecule has 2 aromatic heterocycles. The molecule has 2 heterocycles. The predicted octanol–water partition coefficient (Wildman–Crippen LogP) is 2.91. The Kier molecular flexibility index (Phi) is 5.20. The van der Waals surface area contributed by atoms with Crippen LogP contribution < -0.4 is 5.56 Å². The summed E-state index contributed by atoms with van der Waals surface area (Å²) in [4.78, 5) is 17.9. The average molecular weight is 400 g/mol. The maximum absolute atomic E-state index is 13.1. The maximum Gasteiger partial charge on any atom is 0.261 e. The lowest BCUT2D eigenvalue weighted by molar-refractivity contribution is 0.561. The predicted molar refractivity (Wildman–Crippen MR) is 114 cm³/mol. The van der Waals surface area contributed by atoms with Gasteiger partial charge >= 0.3 is 0 Å². The molecule has 0 N–H and O–H groups in total. The van der Waals surface area contributed by atoms with E-state index in [9.17, 15) is 9.35 Å². The van der Waals surface area contributed by atoms with Gasteiger partial charge in [-0.3, -0.25) is 14.0 Å². The molecule has 0 radical (unpaired) electrons. The van der Waals surface area contributed by atoms with Gasteiger partial charge < -0.3 is 4.55 Å². The first-order chi connectivity index (χ1) is 13.0. The molecule has 1 aromatic carbocycles. The lowest BCUT2D eigenvalue weighted by atomic mass is 10.0. The van der Waals surface area contributed by atoms with E-state index in [0.29, 0.717) is 28.0 Å². The molecule has 0 aliphatic heterocycles. The minimum Gasteiger partial charge on any atom is -0.591 e. The molecule has 0 bridgehead atoms. The van der Waals surface area contributed by atoms with Crippen molar-refractivity contribution in [2.45, 2.75) is 39.4 Å². The van der Waals surface area contributed by atoms with E-state index >= 15 is 0 Å². The Balaban J connectivity index is 2.33. The van der Waals surface area contributed by atoms with Crippen LogP contribution in [0.1, 0.15) is 38.8 Å². The Labute approximate surface area is 167 Å². The van der Waals surface area contributed by atoms with Gasteiger partial charge in [0, 0.05) is 25.9 Å². The highest BCUT2D eigenvalue weighted by atomic mass is 32.2. The fourth-order valence-corrected chi connectivity index (χ4v) is 3.55. The highest BCUT2D eigenvalue weighted by molar-refractivity contribution is 7.91. The zero-order chi connectivity index (χ0) is 20.8. The van der Waals surface area contributed by atoms with Gasteiger partial charge in [0.25, 0.3) is 5.56 Å². The van der Waals surface area contributed by atoms with E-state index in [0.717, 1.165) is 11.3 Å². The van der Waals surface area contributed by atoms with E-state index < -0.39 is 16.1 Å². The molecule has 28 heavy (non-hydrogen) atoms. The third kappa shape index (κ3) is 3.62. The standard InChI is InChI=1S/C20H25N5O2S/c1-12-10-14(13(2)23-28(27)20(3,4)5)17-15(11-12)19(26)24(6)18(22-17)16-8-9-21-25(16)7/h8-11H,1-7H3/t28-/m1/s1. The van der Waals surface area contributed by atoms with Gasteiger partial charge in [-0.15, -0.1) is 0 Å². The van der Waals surface area contributed by atoms with Crippen LogP contribution in [0.15, 0.2) is 33.6 Å². The van der Waals surface area contributed by atoms with E-state index in [1.165, 1.54) is 4.57 Å². The van der Waals surface area contributed by atoms with Gasteiger partial charge in [-0.1, -0.05) is 4.40 Å². The molecular formula is C20H25N5O2S. The van der Waals surface area contributed by atoms with Crippen molar-refractivity contribution >= 4 is 28.0 Å². The zero-order valence-corrected chi connectivity index (χ0v) is 18.1. The van der Waals surface area contributed by atoms with Crippen LogP contribution in [-0.4, -0.2) is 34.3 Å². The molecule has 3 rings (SSSR count). The van der Waals surface area contributed by atoms with Crippen molar-refractivity contribution in [3.8, 4) is 11.5 Å². The van der Waals surface area contributed by atoms with E-state index in [1.54, 1.807) is 31.9 Å². The molecule has 0 saturated carbocycles. The Morgan fingerprint density at radius 2 is 1.93 bits per heavy atom. The van der Waals surface area contributed by atoms with Crippen LogP contribution in [0.3, 0.4) is 0 Å². The first kappa shape index (κ1) is 20.3. The zero-order valence-electron chi connectivity index (χ0n) is 17.3. The lowest BCUT2D eigenvalue weighted by Gasteiger charge is -2.19. The third-order valence-electron chi connectivity index (χ3n) is 4.51. The Morgan fingerprint density at radius 3 is 2.50 bits per heavy atom. The summed E-state index contributed by atoms with van der Waals surface area (Å²) in [6.45, 7) is 9.36. The van der Waals surface area contributed by atoms with Crippen LogP contribution in [0.2, 0.25) is 0 Å². The van der Waals surface area contributed by atoms with Crippen molar-refractivity contribution < 1.29 is 4.55 Å². The summed E-state index contributed by atoms with van der Waals surface area (Å²) >= 11 is -1.40. The van der Waals surface area contributed by atoms with Gasteiger partial charge in [-0.25, -0.2) is 4.98 Å². The largest absolute Gasteiger partial charge is 0.591 e. The van der Waals surface area contributed by atoms with Crippen molar-refractivity contribution in [3.63, 3.8) is 0 Å². The summed E-state index contributed by atoms with van der Waals surface area (Å²) in [6.07, 6.45) is 1.67. The van der Waals surface area contributed by atoms with Gasteiger partial charge in [0.1, 0.15) is 21.8 Å². The van der Waals surface area contributed by atoms with Gasteiger partial charge in [-0.05, 0) is 58.4 Å². The first-order valence-electron chi connectivity index (χ1n) is 8.98. The molecule has 0 spiro atoms. The highest BCUT2D eigenvalue weighted by Gasteiger charge is 2.27. The lowest BCUT2D eigenvalue weighted by Crippen LogP contribution is -2.27. The summed E-state index contributed by atoms with van der Waals surface area (Å²) in [5.74, 6) is 0.521. The normalized spacial score (nSPS) is 13.9. The molecular weight excluding hydrogens is 374 g/mol. The van der Waals surface area contributed by atoms with E-state index in [1.807, 2.05) is 45.9 Å². The van der Waals surface area contributed by atoms with Crippen LogP contribution >= 0.6 is 0 Å². The van der Waals surface area contributed by atoms with Gasteiger partial charge in [0.2, 0.25) is 0 Å². The number of nitrogens with zero attached hydrogens (tertiary/aromatic N) is 5. The van der Waals surface area contributed by atoms with Crippen LogP contribution in [-0.2, 0) is 25.5 Å².